The molecule has 1 aliphatic rings. The van der Waals surface area contributed by atoms with E-state index in [1.807, 2.05) is 0 Å². The molecule has 13 heavy (non-hydrogen) atoms. The maximum absolute atomic E-state index is 4.64. The molecule has 0 saturated carbocycles. The highest BCUT2D eigenvalue weighted by atomic mass is 14.9. The predicted molar refractivity (Wildman–Crippen MR) is 53.8 cm³/mol. The number of aryl methyl sites for hydroxylation is 2. The summed E-state index contributed by atoms with van der Waals surface area (Å²) < 4.78 is 0. The number of aromatic nitrogens is 2. The van der Waals surface area contributed by atoms with Gasteiger partial charge >= 0.3 is 0 Å². The van der Waals surface area contributed by atoms with E-state index < -0.39 is 0 Å². The molecule has 72 valence electrons. The van der Waals surface area contributed by atoms with E-state index in [1.165, 1.54) is 42.9 Å². The fourth-order valence-electron chi connectivity index (χ4n) is 2.00. The van der Waals surface area contributed by atoms with Gasteiger partial charge in [0.2, 0.25) is 0 Å². The topological polar surface area (TPSA) is 28.7 Å². The van der Waals surface area contributed by atoms with Gasteiger partial charge in [-0.3, -0.25) is 0 Å². The van der Waals surface area contributed by atoms with E-state index in [-0.39, 0.29) is 0 Å². The molecular weight excluding hydrogens is 160 g/mol. The van der Waals surface area contributed by atoms with Crippen molar-refractivity contribution < 1.29 is 0 Å². The molecule has 1 aliphatic carbocycles. The predicted octanol–water partition coefficient (Wildman–Crippen LogP) is 2.49. The van der Waals surface area contributed by atoms with E-state index >= 15 is 0 Å². The standard InChI is InChI=1S/C11H18N2/c1-8(2)7-11-12-9-5-3-4-6-10(9)13-11/h8H,3-7H2,1-2H3,(H,12,13). The Labute approximate surface area is 79.8 Å². The van der Waals surface area contributed by atoms with Crippen molar-refractivity contribution in [2.75, 3.05) is 0 Å². The van der Waals surface area contributed by atoms with E-state index in [4.69, 9.17) is 0 Å². The molecule has 0 fully saturated rings. The maximum atomic E-state index is 4.64. The van der Waals surface area contributed by atoms with Crippen LogP contribution < -0.4 is 0 Å². The summed E-state index contributed by atoms with van der Waals surface area (Å²) >= 11 is 0. The molecular formula is C11H18N2. The zero-order chi connectivity index (χ0) is 9.26. The first-order valence-corrected chi connectivity index (χ1v) is 5.32. The molecule has 0 unspecified atom stereocenters. The first kappa shape index (κ1) is 8.79. The van der Waals surface area contributed by atoms with Crippen molar-refractivity contribution in [2.45, 2.75) is 46.0 Å². The Morgan fingerprint density at radius 3 is 2.77 bits per heavy atom. The average molecular weight is 178 g/mol. The van der Waals surface area contributed by atoms with Gasteiger partial charge in [-0.05, 0) is 31.6 Å². The molecule has 2 rings (SSSR count). The molecule has 0 radical (unpaired) electrons. The first-order valence-electron chi connectivity index (χ1n) is 5.32. The van der Waals surface area contributed by atoms with Crippen LogP contribution in [0.2, 0.25) is 0 Å². The molecule has 1 heterocycles. The normalized spacial score (nSPS) is 16.2. The number of nitrogens with one attached hydrogen (secondary N) is 1. The van der Waals surface area contributed by atoms with Crippen LogP contribution in [0.5, 0.6) is 0 Å². The zero-order valence-electron chi connectivity index (χ0n) is 8.56. The minimum absolute atomic E-state index is 0.701. The van der Waals surface area contributed by atoms with Crippen LogP contribution in [-0.2, 0) is 19.3 Å². The first-order chi connectivity index (χ1) is 6.25. The Kier molecular flexibility index (Phi) is 2.38. The number of hydrogen-bond donors (Lipinski definition) is 1. The molecule has 1 aromatic rings. The summed E-state index contributed by atoms with van der Waals surface area (Å²) in [7, 11) is 0. The average Bonchev–Trinajstić information content (AvgIpc) is 2.44. The number of H-pyrrole nitrogens is 1. The third-order valence-electron chi connectivity index (χ3n) is 2.61. The lowest BCUT2D eigenvalue weighted by Crippen LogP contribution is -2.00. The van der Waals surface area contributed by atoms with Gasteiger partial charge in [0, 0.05) is 12.1 Å². The summed E-state index contributed by atoms with van der Waals surface area (Å²) in [6.07, 6.45) is 6.13. The highest BCUT2D eigenvalue weighted by Crippen LogP contribution is 2.19. The smallest absolute Gasteiger partial charge is 0.106 e. The van der Waals surface area contributed by atoms with E-state index in [9.17, 15) is 0 Å². The summed E-state index contributed by atoms with van der Waals surface area (Å²) in [5.41, 5.74) is 2.74. The van der Waals surface area contributed by atoms with Crippen molar-refractivity contribution in [1.82, 2.24) is 9.97 Å². The van der Waals surface area contributed by atoms with Crippen molar-refractivity contribution in [3.8, 4) is 0 Å². The summed E-state index contributed by atoms with van der Waals surface area (Å²) in [5.74, 6) is 1.90. The molecule has 2 nitrogen and oxygen atoms in total. The Bertz CT molecular complexity index is 263. The fraction of sp³-hybridized carbons (Fsp3) is 0.727. The second-order valence-electron chi connectivity index (χ2n) is 4.41. The van der Waals surface area contributed by atoms with Crippen LogP contribution in [0.1, 0.15) is 43.9 Å². The molecule has 0 aliphatic heterocycles. The van der Waals surface area contributed by atoms with Crippen LogP contribution in [0.25, 0.3) is 0 Å². The van der Waals surface area contributed by atoms with E-state index in [0.717, 1.165) is 6.42 Å². The minimum atomic E-state index is 0.701. The third-order valence-corrected chi connectivity index (χ3v) is 2.61. The van der Waals surface area contributed by atoms with Crippen LogP contribution in [-0.4, -0.2) is 9.97 Å². The lowest BCUT2D eigenvalue weighted by Gasteiger charge is -2.07. The largest absolute Gasteiger partial charge is 0.346 e. The quantitative estimate of drug-likeness (QED) is 0.740. The number of hydrogen-bond acceptors (Lipinski definition) is 1. The molecule has 1 N–H and O–H groups in total. The van der Waals surface area contributed by atoms with E-state index in [2.05, 4.69) is 23.8 Å². The van der Waals surface area contributed by atoms with Crippen molar-refractivity contribution >= 4 is 0 Å². The van der Waals surface area contributed by atoms with Gasteiger partial charge < -0.3 is 4.98 Å². The second-order valence-corrected chi connectivity index (χ2v) is 4.41. The van der Waals surface area contributed by atoms with Crippen LogP contribution in [0.4, 0.5) is 0 Å². The Morgan fingerprint density at radius 2 is 2.08 bits per heavy atom. The van der Waals surface area contributed by atoms with Crippen molar-refractivity contribution in [2.24, 2.45) is 5.92 Å². The van der Waals surface area contributed by atoms with Crippen molar-refractivity contribution in [3.63, 3.8) is 0 Å². The Hall–Kier alpha value is -0.790. The summed E-state index contributed by atoms with van der Waals surface area (Å²) in [6, 6.07) is 0. The van der Waals surface area contributed by atoms with Crippen LogP contribution in [0.15, 0.2) is 0 Å². The third kappa shape index (κ3) is 1.93. The molecule has 1 aromatic heterocycles. The molecule has 0 spiro atoms. The van der Waals surface area contributed by atoms with Gasteiger partial charge in [-0.15, -0.1) is 0 Å². The SMILES string of the molecule is CC(C)Cc1nc2c([nH]1)CCCC2. The van der Waals surface area contributed by atoms with Crippen molar-refractivity contribution in [1.29, 1.82) is 0 Å². The van der Waals surface area contributed by atoms with Crippen LogP contribution in [0.3, 0.4) is 0 Å². The lowest BCUT2D eigenvalue weighted by atomic mass is 10.0. The fourth-order valence-corrected chi connectivity index (χ4v) is 2.00. The number of nitrogens with zero attached hydrogens (tertiary/aromatic N) is 1. The summed E-state index contributed by atoms with van der Waals surface area (Å²) in [4.78, 5) is 8.09. The van der Waals surface area contributed by atoms with Gasteiger partial charge in [0.1, 0.15) is 5.82 Å². The maximum Gasteiger partial charge on any atom is 0.106 e. The second kappa shape index (κ2) is 3.52. The molecule has 0 bridgehead atoms. The highest BCUT2D eigenvalue weighted by Gasteiger charge is 2.14. The lowest BCUT2D eigenvalue weighted by molar-refractivity contribution is 0.624. The zero-order valence-corrected chi connectivity index (χ0v) is 8.56. The summed E-state index contributed by atoms with van der Waals surface area (Å²) in [6.45, 7) is 4.48. The Morgan fingerprint density at radius 1 is 1.31 bits per heavy atom. The molecule has 0 amide bonds. The van der Waals surface area contributed by atoms with Crippen LogP contribution in [0, 0.1) is 5.92 Å². The molecule has 2 heteroatoms. The van der Waals surface area contributed by atoms with E-state index in [0.29, 0.717) is 5.92 Å². The molecule has 0 atom stereocenters. The van der Waals surface area contributed by atoms with Crippen molar-refractivity contribution in [3.05, 3.63) is 17.2 Å². The van der Waals surface area contributed by atoms with Gasteiger partial charge in [-0.2, -0.15) is 0 Å². The van der Waals surface area contributed by atoms with Gasteiger partial charge in [-0.1, -0.05) is 13.8 Å². The number of rotatable bonds is 2. The highest BCUT2D eigenvalue weighted by molar-refractivity contribution is 5.17. The van der Waals surface area contributed by atoms with Gasteiger partial charge in [0.05, 0.1) is 5.69 Å². The summed E-state index contributed by atoms with van der Waals surface area (Å²) in [5, 5.41) is 0. The molecule has 0 aromatic carbocycles. The van der Waals surface area contributed by atoms with Crippen LogP contribution >= 0.6 is 0 Å². The number of aromatic amines is 1. The minimum Gasteiger partial charge on any atom is -0.346 e. The van der Waals surface area contributed by atoms with Gasteiger partial charge in [-0.25, -0.2) is 4.98 Å². The van der Waals surface area contributed by atoms with E-state index in [1.54, 1.807) is 0 Å². The van der Waals surface area contributed by atoms with Gasteiger partial charge in [0.15, 0.2) is 0 Å². The monoisotopic (exact) mass is 178 g/mol. The Balaban J connectivity index is 2.15. The molecule has 0 saturated heterocycles. The number of fused-ring (bicyclic) bond motifs is 1. The number of imidazole rings is 1. The van der Waals surface area contributed by atoms with Gasteiger partial charge in [0.25, 0.3) is 0 Å².